The number of benzene rings is 1. The molecule has 8 nitrogen and oxygen atoms in total. The van der Waals surface area contributed by atoms with Gasteiger partial charge in [-0.2, -0.15) is 4.31 Å². The van der Waals surface area contributed by atoms with E-state index in [-0.39, 0.29) is 23.7 Å². The van der Waals surface area contributed by atoms with Crippen LogP contribution < -0.4 is 4.90 Å². The summed E-state index contributed by atoms with van der Waals surface area (Å²) >= 11 is 0. The summed E-state index contributed by atoms with van der Waals surface area (Å²) < 4.78 is 32.0. The molecule has 0 bridgehead atoms. The Labute approximate surface area is 147 Å². The maximum absolute atomic E-state index is 12.7. The molecule has 1 aromatic carbocycles. The van der Waals surface area contributed by atoms with Gasteiger partial charge < -0.3 is 9.64 Å². The minimum atomic E-state index is -3.74. The summed E-state index contributed by atoms with van der Waals surface area (Å²) in [4.78, 5) is 13.0. The van der Waals surface area contributed by atoms with E-state index in [9.17, 15) is 18.5 Å². The first kappa shape index (κ1) is 18.1. The summed E-state index contributed by atoms with van der Waals surface area (Å²) in [5.74, 6) is 0. The number of nitro benzene ring substituents is 1. The van der Waals surface area contributed by atoms with Crippen LogP contribution in [0.25, 0.3) is 0 Å². The van der Waals surface area contributed by atoms with E-state index in [1.54, 1.807) is 6.07 Å². The lowest BCUT2D eigenvalue weighted by Crippen LogP contribution is -2.40. The number of rotatable bonds is 4. The monoisotopic (exact) mass is 369 g/mol. The van der Waals surface area contributed by atoms with Gasteiger partial charge in [0, 0.05) is 32.2 Å². The van der Waals surface area contributed by atoms with Crippen LogP contribution in [0.15, 0.2) is 23.1 Å². The van der Waals surface area contributed by atoms with Gasteiger partial charge in [0.25, 0.3) is 5.69 Å². The zero-order chi connectivity index (χ0) is 17.9. The van der Waals surface area contributed by atoms with Gasteiger partial charge in [0.1, 0.15) is 5.69 Å². The van der Waals surface area contributed by atoms with Gasteiger partial charge in [0.05, 0.1) is 23.0 Å². The van der Waals surface area contributed by atoms with Gasteiger partial charge >= 0.3 is 0 Å². The Hall–Kier alpha value is -1.71. The summed E-state index contributed by atoms with van der Waals surface area (Å²) in [6.45, 7) is 2.74. The number of ether oxygens (including phenoxy) is 1. The first-order valence-corrected chi connectivity index (χ1v) is 10.1. The van der Waals surface area contributed by atoms with Crippen LogP contribution in [0.2, 0.25) is 0 Å². The molecule has 1 aromatic rings. The van der Waals surface area contributed by atoms with Gasteiger partial charge in [-0.3, -0.25) is 10.1 Å². The maximum atomic E-state index is 12.7. The molecule has 25 heavy (non-hydrogen) atoms. The molecule has 138 valence electrons. The minimum absolute atomic E-state index is 0.0281. The lowest BCUT2D eigenvalue weighted by molar-refractivity contribution is -0.384. The second-order valence-corrected chi connectivity index (χ2v) is 8.26. The molecule has 2 fully saturated rings. The molecule has 0 amide bonds. The topological polar surface area (TPSA) is 93.0 Å². The quantitative estimate of drug-likeness (QED) is 0.595. The number of hydrogen-bond acceptors (Lipinski definition) is 6. The lowest BCUT2D eigenvalue weighted by atomic mass is 10.2. The molecule has 0 radical (unpaired) electrons. The van der Waals surface area contributed by atoms with Crippen LogP contribution in [0.4, 0.5) is 11.4 Å². The summed E-state index contributed by atoms with van der Waals surface area (Å²) in [5, 5.41) is 11.6. The fourth-order valence-corrected chi connectivity index (χ4v) is 4.75. The number of hydrogen-bond donors (Lipinski definition) is 0. The van der Waals surface area contributed by atoms with Gasteiger partial charge in [-0.05, 0) is 25.0 Å². The minimum Gasteiger partial charge on any atom is -0.379 e. The molecular formula is C16H23N3O5S. The van der Waals surface area contributed by atoms with Crippen molar-refractivity contribution in [3.05, 3.63) is 28.3 Å². The van der Waals surface area contributed by atoms with E-state index in [1.807, 2.05) is 4.90 Å². The SMILES string of the molecule is O=[N+]([O-])c1cc(S(=O)(=O)N2CCOCC2)ccc1N1CCCCCC1. The molecule has 0 atom stereocenters. The average molecular weight is 369 g/mol. The highest BCUT2D eigenvalue weighted by atomic mass is 32.2. The molecule has 0 saturated carbocycles. The van der Waals surface area contributed by atoms with E-state index in [0.717, 1.165) is 38.8 Å². The van der Waals surface area contributed by atoms with Crippen molar-refractivity contribution in [2.24, 2.45) is 0 Å². The van der Waals surface area contributed by atoms with Crippen molar-refractivity contribution in [1.29, 1.82) is 0 Å². The van der Waals surface area contributed by atoms with Gasteiger partial charge in [-0.15, -0.1) is 0 Å². The fraction of sp³-hybridized carbons (Fsp3) is 0.625. The van der Waals surface area contributed by atoms with Gasteiger partial charge in [0.15, 0.2) is 0 Å². The van der Waals surface area contributed by atoms with E-state index < -0.39 is 14.9 Å². The first-order chi connectivity index (χ1) is 12.0. The highest BCUT2D eigenvalue weighted by molar-refractivity contribution is 7.89. The summed E-state index contributed by atoms with van der Waals surface area (Å²) in [7, 11) is -3.74. The van der Waals surface area contributed by atoms with E-state index >= 15 is 0 Å². The van der Waals surface area contributed by atoms with E-state index in [2.05, 4.69) is 0 Å². The first-order valence-electron chi connectivity index (χ1n) is 8.61. The molecule has 2 aliphatic rings. The molecule has 0 unspecified atom stereocenters. The molecule has 2 aliphatic heterocycles. The van der Waals surface area contributed by atoms with Gasteiger partial charge in [0.2, 0.25) is 10.0 Å². The lowest BCUT2D eigenvalue weighted by Gasteiger charge is -2.26. The predicted molar refractivity (Wildman–Crippen MR) is 93.4 cm³/mol. The van der Waals surface area contributed by atoms with Gasteiger partial charge in [-0.25, -0.2) is 8.42 Å². The Morgan fingerprint density at radius 3 is 2.24 bits per heavy atom. The fourth-order valence-electron chi connectivity index (χ4n) is 3.32. The molecule has 0 aromatic heterocycles. The van der Waals surface area contributed by atoms with Crippen molar-refractivity contribution in [3.63, 3.8) is 0 Å². The van der Waals surface area contributed by atoms with Crippen LogP contribution in [-0.4, -0.2) is 57.0 Å². The maximum Gasteiger partial charge on any atom is 0.293 e. The van der Waals surface area contributed by atoms with Crippen molar-refractivity contribution in [1.82, 2.24) is 4.31 Å². The Morgan fingerprint density at radius 2 is 1.64 bits per heavy atom. The molecule has 0 spiro atoms. The standard InChI is InChI=1S/C16H23N3O5S/c20-19(21)16-13-14(25(22,23)18-9-11-24-12-10-18)5-6-15(16)17-7-3-1-2-4-8-17/h5-6,13H,1-4,7-12H2. The molecule has 0 N–H and O–H groups in total. The van der Waals surface area contributed by atoms with Crippen LogP contribution in [0.1, 0.15) is 25.7 Å². The Morgan fingerprint density at radius 1 is 1.00 bits per heavy atom. The van der Waals surface area contributed by atoms with Crippen molar-refractivity contribution in [2.45, 2.75) is 30.6 Å². The predicted octanol–water partition coefficient (Wildman–Crippen LogP) is 2.00. The number of nitrogens with zero attached hydrogens (tertiary/aromatic N) is 3. The molecule has 0 aliphatic carbocycles. The average Bonchev–Trinajstić information content (AvgIpc) is 2.91. The van der Waals surface area contributed by atoms with E-state index in [0.29, 0.717) is 18.9 Å². The highest BCUT2D eigenvalue weighted by Crippen LogP contribution is 2.33. The summed E-state index contributed by atoms with van der Waals surface area (Å²) in [6.07, 6.45) is 4.22. The normalized spacial score (nSPS) is 20.2. The highest BCUT2D eigenvalue weighted by Gasteiger charge is 2.30. The van der Waals surface area contributed by atoms with Crippen molar-refractivity contribution in [2.75, 3.05) is 44.3 Å². The molecule has 9 heteroatoms. The second kappa shape index (κ2) is 7.67. The third-order valence-corrected chi connectivity index (χ3v) is 6.59. The number of morpholine rings is 1. The number of anilines is 1. The molecule has 2 saturated heterocycles. The van der Waals surface area contributed by atoms with Crippen LogP contribution >= 0.6 is 0 Å². The Kier molecular flexibility index (Phi) is 5.55. The number of sulfonamides is 1. The van der Waals surface area contributed by atoms with Crippen LogP contribution in [0.5, 0.6) is 0 Å². The van der Waals surface area contributed by atoms with Crippen LogP contribution in [-0.2, 0) is 14.8 Å². The molecule has 3 rings (SSSR count). The van der Waals surface area contributed by atoms with Gasteiger partial charge in [-0.1, -0.05) is 12.8 Å². The smallest absolute Gasteiger partial charge is 0.293 e. The van der Waals surface area contributed by atoms with Crippen molar-refractivity contribution >= 4 is 21.4 Å². The molecule has 2 heterocycles. The van der Waals surface area contributed by atoms with Crippen LogP contribution in [0, 0.1) is 10.1 Å². The largest absolute Gasteiger partial charge is 0.379 e. The third kappa shape index (κ3) is 3.94. The summed E-state index contributed by atoms with van der Waals surface area (Å²) in [5.41, 5.74) is 0.365. The zero-order valence-electron chi connectivity index (χ0n) is 14.1. The summed E-state index contributed by atoms with van der Waals surface area (Å²) in [6, 6.07) is 4.26. The Bertz CT molecular complexity index is 723. The molecular weight excluding hydrogens is 346 g/mol. The van der Waals surface area contributed by atoms with Crippen molar-refractivity contribution in [3.8, 4) is 0 Å². The van der Waals surface area contributed by atoms with E-state index in [4.69, 9.17) is 4.74 Å². The Balaban J connectivity index is 1.94. The zero-order valence-corrected chi connectivity index (χ0v) is 14.9. The third-order valence-electron chi connectivity index (χ3n) is 4.70. The second-order valence-electron chi connectivity index (χ2n) is 6.33. The van der Waals surface area contributed by atoms with Crippen molar-refractivity contribution < 1.29 is 18.1 Å². The van der Waals surface area contributed by atoms with Crippen LogP contribution in [0.3, 0.4) is 0 Å². The number of nitro groups is 1. The van der Waals surface area contributed by atoms with E-state index in [1.165, 1.54) is 16.4 Å².